The van der Waals surface area contributed by atoms with Crippen molar-refractivity contribution < 1.29 is 26.3 Å². The van der Waals surface area contributed by atoms with Crippen molar-refractivity contribution >= 4 is 33.9 Å². The van der Waals surface area contributed by atoms with Gasteiger partial charge in [-0.1, -0.05) is 17.7 Å². The molecule has 0 amide bonds. The zero-order valence-electron chi connectivity index (χ0n) is 22.9. The van der Waals surface area contributed by atoms with Gasteiger partial charge >= 0.3 is 6.18 Å². The number of rotatable bonds is 9. The van der Waals surface area contributed by atoms with E-state index in [1.807, 2.05) is 6.07 Å². The molecule has 3 heterocycles. The minimum Gasteiger partial charge on any atom is -0.382 e. The molecule has 4 N–H and O–H groups in total. The highest BCUT2D eigenvalue weighted by Crippen LogP contribution is 2.40. The Morgan fingerprint density at radius 1 is 1.19 bits per heavy atom. The van der Waals surface area contributed by atoms with Crippen LogP contribution < -0.4 is 21.6 Å². The maximum Gasteiger partial charge on any atom is 0.395 e. The van der Waals surface area contributed by atoms with Gasteiger partial charge in [0.25, 0.3) is 0 Å². The van der Waals surface area contributed by atoms with Crippen LogP contribution in [0.2, 0.25) is 5.02 Å². The van der Waals surface area contributed by atoms with E-state index in [1.165, 1.54) is 38.2 Å². The average Bonchev–Trinajstić information content (AvgIpc) is 3.30. The monoisotopic (exact) mass is 612 g/mol. The van der Waals surface area contributed by atoms with Crippen LogP contribution in [0.3, 0.4) is 0 Å². The summed E-state index contributed by atoms with van der Waals surface area (Å²) >= 11 is 6.53. The third-order valence-electron chi connectivity index (χ3n) is 6.93. The van der Waals surface area contributed by atoms with Crippen molar-refractivity contribution in [1.29, 1.82) is 5.26 Å². The Balaban J connectivity index is 1.83. The van der Waals surface area contributed by atoms with Crippen molar-refractivity contribution in [2.24, 2.45) is 5.41 Å². The average molecular weight is 613 g/mol. The molecule has 42 heavy (non-hydrogen) atoms. The molecule has 0 saturated heterocycles. The van der Waals surface area contributed by atoms with Gasteiger partial charge in [-0.15, -0.1) is 5.53 Å². The summed E-state index contributed by atoms with van der Waals surface area (Å²) < 4.78 is 83.4. The largest absolute Gasteiger partial charge is 0.395 e. The number of nitriles is 1. The van der Waals surface area contributed by atoms with Gasteiger partial charge in [0.1, 0.15) is 18.4 Å². The Labute approximate surface area is 242 Å². The number of nitrogens with one attached hydrogen (secondary N) is 4. The van der Waals surface area contributed by atoms with E-state index in [4.69, 9.17) is 11.6 Å². The Kier molecular flexibility index (Phi) is 8.65. The second-order valence-corrected chi connectivity index (χ2v) is 10.9. The Morgan fingerprint density at radius 2 is 1.90 bits per heavy atom. The molecule has 0 radical (unpaired) electrons. The molecular weight excluding hydrogens is 586 g/mol. The van der Waals surface area contributed by atoms with Gasteiger partial charge < -0.3 is 16.1 Å². The van der Waals surface area contributed by atoms with Crippen LogP contribution in [0.4, 0.5) is 37.7 Å². The van der Waals surface area contributed by atoms with Crippen LogP contribution >= 0.6 is 11.6 Å². The number of anilines is 2. The molecule has 0 fully saturated rings. The molecule has 0 saturated carbocycles. The lowest BCUT2D eigenvalue weighted by atomic mass is 9.92. The second-order valence-electron chi connectivity index (χ2n) is 10.4. The van der Waals surface area contributed by atoms with E-state index >= 15 is 4.39 Å². The quantitative estimate of drug-likeness (QED) is 0.122. The zero-order valence-corrected chi connectivity index (χ0v) is 23.6. The molecule has 8 nitrogen and oxygen atoms in total. The van der Waals surface area contributed by atoms with Crippen LogP contribution in [0.15, 0.2) is 42.1 Å². The Bertz CT molecular complexity index is 1570. The molecule has 1 aliphatic rings. The first-order valence-corrected chi connectivity index (χ1v) is 13.0. The van der Waals surface area contributed by atoms with Crippen LogP contribution in [0.5, 0.6) is 0 Å². The summed E-state index contributed by atoms with van der Waals surface area (Å²) in [5, 5.41) is 16.8. The van der Waals surface area contributed by atoms with E-state index in [0.717, 1.165) is 24.9 Å². The molecule has 0 spiro atoms. The number of benzene rings is 1. The van der Waals surface area contributed by atoms with E-state index in [9.17, 15) is 27.2 Å². The standard InChI is InChI=1S/C27H27ClF6N8/c1-13(9-29)42-25(31)24(40-41-42)23(17-5-6-20(30)38-14(17)2)39-16-7-18-21(37-12-26(3,4)27(32,33)34)15(10-35)11-36-22(18)19(28)8-16/h5-8,11,13,23,39-41H,9,12H2,1-4H3,(H,36,37)/t13-,23-/m0/s1. The van der Waals surface area contributed by atoms with Crippen molar-refractivity contribution in [3.05, 3.63) is 69.9 Å². The van der Waals surface area contributed by atoms with Crippen LogP contribution in [0.1, 0.15) is 43.6 Å². The highest BCUT2D eigenvalue weighted by atomic mass is 35.5. The molecular formula is C27H27ClF6N8. The summed E-state index contributed by atoms with van der Waals surface area (Å²) in [4.78, 5) is 8.03. The fourth-order valence-electron chi connectivity index (χ4n) is 4.26. The van der Waals surface area contributed by atoms with Crippen molar-refractivity contribution in [1.82, 2.24) is 25.9 Å². The number of alkyl halides is 4. The maximum atomic E-state index is 15.5. The number of pyridine rings is 2. The maximum absolute atomic E-state index is 15.5. The molecule has 1 aliphatic heterocycles. The van der Waals surface area contributed by atoms with Crippen molar-refractivity contribution in [3.8, 4) is 6.07 Å². The fourth-order valence-corrected chi connectivity index (χ4v) is 4.53. The molecule has 3 aromatic rings. The summed E-state index contributed by atoms with van der Waals surface area (Å²) in [5.74, 6) is -1.59. The van der Waals surface area contributed by atoms with Gasteiger partial charge in [-0.25, -0.2) is 9.37 Å². The highest BCUT2D eigenvalue weighted by molar-refractivity contribution is 6.35. The van der Waals surface area contributed by atoms with Crippen molar-refractivity contribution in [3.63, 3.8) is 0 Å². The third-order valence-corrected chi connectivity index (χ3v) is 7.22. The summed E-state index contributed by atoms with van der Waals surface area (Å²) in [5.41, 5.74) is 4.16. The van der Waals surface area contributed by atoms with E-state index in [1.54, 1.807) is 0 Å². The molecule has 2 aromatic heterocycles. The second kappa shape index (κ2) is 11.7. The van der Waals surface area contributed by atoms with E-state index in [-0.39, 0.29) is 44.3 Å². The first-order chi connectivity index (χ1) is 19.7. The third kappa shape index (κ3) is 5.98. The predicted octanol–water partition coefficient (Wildman–Crippen LogP) is 6.58. The van der Waals surface area contributed by atoms with Gasteiger partial charge in [-0.05, 0) is 45.9 Å². The molecule has 0 aliphatic carbocycles. The fraction of sp³-hybridized carbons (Fsp3) is 0.370. The number of halogens is 7. The van der Waals surface area contributed by atoms with Gasteiger partial charge in [-0.2, -0.15) is 27.2 Å². The number of hydrazine groups is 2. The number of hydrogen-bond donors (Lipinski definition) is 4. The molecule has 2 atom stereocenters. The van der Waals surface area contributed by atoms with Crippen LogP contribution in [-0.4, -0.2) is 40.4 Å². The van der Waals surface area contributed by atoms with Gasteiger partial charge in [0, 0.05) is 35.1 Å². The smallest absolute Gasteiger partial charge is 0.382 e. The molecule has 4 rings (SSSR count). The number of hydrogen-bond acceptors (Lipinski definition) is 8. The molecule has 224 valence electrons. The van der Waals surface area contributed by atoms with Crippen LogP contribution in [0, 0.1) is 29.6 Å². The summed E-state index contributed by atoms with van der Waals surface area (Å²) in [6, 6.07) is 5.47. The molecule has 1 aromatic carbocycles. The lowest BCUT2D eigenvalue weighted by molar-refractivity contribution is -0.206. The summed E-state index contributed by atoms with van der Waals surface area (Å²) in [6.07, 6.45) is -3.32. The summed E-state index contributed by atoms with van der Waals surface area (Å²) in [7, 11) is 0. The van der Waals surface area contributed by atoms with E-state index in [2.05, 4.69) is 31.6 Å². The van der Waals surface area contributed by atoms with Gasteiger partial charge in [-0.3, -0.25) is 9.99 Å². The molecule has 15 heteroatoms. The first-order valence-electron chi connectivity index (χ1n) is 12.7. The topological polar surface area (TPSA) is 101 Å². The molecule has 0 unspecified atom stereocenters. The van der Waals surface area contributed by atoms with Gasteiger partial charge in [0.15, 0.2) is 0 Å². The number of aryl methyl sites for hydroxylation is 1. The number of aromatic nitrogens is 2. The number of nitrogens with zero attached hydrogens (tertiary/aromatic N) is 4. The van der Waals surface area contributed by atoms with Crippen molar-refractivity contribution in [2.75, 3.05) is 23.9 Å². The zero-order chi connectivity index (χ0) is 31.0. The minimum atomic E-state index is -4.53. The Morgan fingerprint density at radius 3 is 2.52 bits per heavy atom. The highest BCUT2D eigenvalue weighted by Gasteiger charge is 2.47. The summed E-state index contributed by atoms with van der Waals surface area (Å²) in [6.45, 7) is 3.62. The van der Waals surface area contributed by atoms with E-state index < -0.39 is 48.8 Å². The lowest BCUT2D eigenvalue weighted by Gasteiger charge is -2.29. The van der Waals surface area contributed by atoms with Gasteiger partial charge in [0.2, 0.25) is 11.9 Å². The van der Waals surface area contributed by atoms with Gasteiger partial charge in [0.05, 0.1) is 39.3 Å². The first kappa shape index (κ1) is 31.0. The van der Waals surface area contributed by atoms with E-state index in [0.29, 0.717) is 5.56 Å². The van der Waals surface area contributed by atoms with Crippen LogP contribution in [-0.2, 0) is 0 Å². The molecule has 0 bridgehead atoms. The SMILES string of the molecule is Cc1nc(F)ccc1[C@H](Nc1cc(Cl)c2ncc(C#N)c(NCC(C)(C)C(F)(F)F)c2c1)C1=C(F)N([C@@H](C)CF)NN1. The van der Waals surface area contributed by atoms with Crippen LogP contribution in [0.25, 0.3) is 10.9 Å². The van der Waals surface area contributed by atoms with Crippen molar-refractivity contribution in [2.45, 2.75) is 46.0 Å². The number of fused-ring (bicyclic) bond motifs is 1. The normalized spacial score (nSPS) is 15.4. The predicted molar refractivity (Wildman–Crippen MR) is 147 cm³/mol. The lowest BCUT2D eigenvalue weighted by Crippen LogP contribution is -2.44. The Hall–Kier alpha value is -3.96. The minimum absolute atomic E-state index is 0.0184.